The van der Waals surface area contributed by atoms with E-state index in [4.69, 9.17) is 0 Å². The first-order chi connectivity index (χ1) is 19.1. The third-order valence-electron chi connectivity index (χ3n) is 6.98. The lowest BCUT2D eigenvalue weighted by molar-refractivity contribution is 0.224. The van der Waals surface area contributed by atoms with Gasteiger partial charge in [-0.05, 0) is 24.0 Å². The fourth-order valence-electron chi connectivity index (χ4n) is 4.35. The van der Waals surface area contributed by atoms with Gasteiger partial charge in [0.25, 0.3) is 0 Å². The van der Waals surface area contributed by atoms with Crippen LogP contribution in [0.25, 0.3) is 0 Å². The zero-order chi connectivity index (χ0) is 29.6. The van der Waals surface area contributed by atoms with E-state index in [-0.39, 0.29) is 5.92 Å². The van der Waals surface area contributed by atoms with Crippen LogP contribution in [0.5, 0.6) is 0 Å². The van der Waals surface area contributed by atoms with Crippen molar-refractivity contribution in [3.63, 3.8) is 0 Å². The van der Waals surface area contributed by atoms with Crippen molar-refractivity contribution in [3.05, 3.63) is 71.8 Å². The van der Waals surface area contributed by atoms with Crippen molar-refractivity contribution in [2.75, 3.05) is 24.6 Å². The Morgan fingerprint density at radius 2 is 1.15 bits per heavy atom. The molecule has 8 nitrogen and oxygen atoms in total. The number of rotatable bonds is 16. The number of carbonyl (C=O) groups excluding carboxylic acids is 2. The van der Waals surface area contributed by atoms with E-state index in [2.05, 4.69) is 27.0 Å². The van der Waals surface area contributed by atoms with Gasteiger partial charge in [0.2, 0.25) is 0 Å². The Kier molecular flexibility index (Phi) is 14.7. The topological polar surface area (TPSA) is 116 Å². The van der Waals surface area contributed by atoms with Gasteiger partial charge in [-0.25, -0.2) is 9.59 Å². The lowest BCUT2D eigenvalue weighted by Crippen LogP contribution is -2.57. The first-order valence-corrected chi connectivity index (χ1v) is 20.9. The van der Waals surface area contributed by atoms with Crippen molar-refractivity contribution in [1.82, 2.24) is 20.1 Å². The molecule has 0 saturated carbocycles. The lowest BCUT2D eigenvalue weighted by Gasteiger charge is -2.35. The van der Waals surface area contributed by atoms with E-state index < -0.39 is 36.8 Å². The van der Waals surface area contributed by atoms with Crippen LogP contribution >= 0.6 is 35.8 Å². The van der Waals surface area contributed by atoms with Crippen molar-refractivity contribution in [3.8, 4) is 0 Å². The van der Waals surface area contributed by atoms with Gasteiger partial charge in [0, 0.05) is 53.7 Å². The SMILES string of the molecule is CCC(c1ccccc1)C(NC(=O)NSP(=O)(CC)CC)C(Cc1ccccc1)NC(=O)NSP(=O)(CC)CC. The van der Waals surface area contributed by atoms with E-state index >= 15 is 0 Å². The molecule has 0 aliphatic rings. The first kappa shape index (κ1) is 34.3. The van der Waals surface area contributed by atoms with Crippen LogP contribution in [0.1, 0.15) is 58.1 Å². The molecule has 4 N–H and O–H groups in total. The minimum absolute atomic E-state index is 0.125. The average Bonchev–Trinajstić information content (AvgIpc) is 2.99. The average molecular weight is 627 g/mol. The zero-order valence-corrected chi connectivity index (χ0v) is 27.5. The lowest BCUT2D eigenvalue weighted by atomic mass is 9.83. The van der Waals surface area contributed by atoms with Crippen LogP contribution in [-0.2, 0) is 15.6 Å². The summed E-state index contributed by atoms with van der Waals surface area (Å²) in [5, 5.41) is 6.19. The number of hydrogen-bond acceptors (Lipinski definition) is 6. The molecule has 0 heterocycles. The van der Waals surface area contributed by atoms with Gasteiger partial charge in [0.05, 0.1) is 12.1 Å². The highest BCUT2D eigenvalue weighted by Gasteiger charge is 2.33. The number of amides is 4. The van der Waals surface area contributed by atoms with E-state index in [0.29, 0.717) is 37.5 Å². The quantitative estimate of drug-likeness (QED) is 0.112. The summed E-state index contributed by atoms with van der Waals surface area (Å²) in [6, 6.07) is 17.8. The van der Waals surface area contributed by atoms with Crippen molar-refractivity contribution in [2.24, 2.45) is 0 Å². The third-order valence-corrected chi connectivity index (χ3v) is 17.7. The molecule has 0 radical (unpaired) electrons. The summed E-state index contributed by atoms with van der Waals surface area (Å²) in [7, 11) is 0. The second-order valence-corrected chi connectivity index (χ2v) is 21.1. The van der Waals surface area contributed by atoms with E-state index in [1.165, 1.54) is 0 Å². The minimum Gasteiger partial charge on any atom is -0.332 e. The molecular weight excluding hydrogens is 582 g/mol. The first-order valence-electron chi connectivity index (χ1n) is 13.9. The maximum atomic E-state index is 13.2. The van der Waals surface area contributed by atoms with Crippen LogP contribution in [0, 0.1) is 0 Å². The highest BCUT2D eigenvalue weighted by atomic mass is 32.7. The normalized spacial score (nSPS) is 14.0. The van der Waals surface area contributed by atoms with Gasteiger partial charge in [-0.15, -0.1) is 0 Å². The van der Waals surface area contributed by atoms with Crippen LogP contribution < -0.4 is 20.1 Å². The van der Waals surface area contributed by atoms with Crippen LogP contribution in [-0.4, -0.2) is 48.8 Å². The second-order valence-electron chi connectivity index (χ2n) is 9.48. The highest BCUT2D eigenvalue weighted by Crippen LogP contribution is 2.56. The second kappa shape index (κ2) is 17.2. The number of hydrogen-bond donors (Lipinski definition) is 4. The summed E-state index contributed by atoms with van der Waals surface area (Å²) in [4.78, 5) is 26.4. The Morgan fingerprint density at radius 1 is 0.700 bits per heavy atom. The summed E-state index contributed by atoms with van der Waals surface area (Å²) in [6.45, 7) is 9.47. The number of urea groups is 2. The van der Waals surface area contributed by atoms with Crippen LogP contribution in [0.2, 0.25) is 0 Å². The van der Waals surface area contributed by atoms with Gasteiger partial charge in [-0.3, -0.25) is 9.44 Å². The maximum Gasteiger partial charge on any atom is 0.325 e. The summed E-state index contributed by atoms with van der Waals surface area (Å²) >= 11 is 1.99. The van der Waals surface area contributed by atoms with E-state index in [1.54, 1.807) is 0 Å². The number of nitrogens with one attached hydrogen (secondary N) is 4. The van der Waals surface area contributed by atoms with E-state index in [0.717, 1.165) is 34.3 Å². The van der Waals surface area contributed by atoms with Crippen LogP contribution in [0.4, 0.5) is 9.59 Å². The molecule has 0 spiro atoms. The maximum absolute atomic E-state index is 13.2. The molecule has 2 aromatic carbocycles. The molecule has 3 atom stereocenters. The Hall–Kier alpha value is -1.86. The molecule has 0 aliphatic heterocycles. The number of carbonyl (C=O) groups is 2. The van der Waals surface area contributed by atoms with E-state index in [9.17, 15) is 18.7 Å². The molecular formula is C28H44N4O4P2S2. The number of benzene rings is 2. The van der Waals surface area contributed by atoms with Gasteiger partial charge in [0.1, 0.15) is 0 Å². The fraction of sp³-hybridized carbons (Fsp3) is 0.500. The van der Waals surface area contributed by atoms with E-state index in [1.807, 2.05) is 88.4 Å². The molecule has 3 unspecified atom stereocenters. The Labute approximate surface area is 247 Å². The Balaban J connectivity index is 2.41. The summed E-state index contributed by atoms with van der Waals surface area (Å²) in [5.41, 5.74) is 2.03. The fourth-order valence-corrected chi connectivity index (χ4v) is 9.42. The Morgan fingerprint density at radius 3 is 1.60 bits per heavy atom. The molecule has 4 amide bonds. The molecule has 2 aromatic rings. The summed E-state index contributed by atoms with van der Waals surface area (Å²) in [5.74, 6) is -0.125. The molecule has 0 fully saturated rings. The standard InChI is InChI=1S/C28H44N4O4P2S2/c1-6-24(23-19-15-12-16-20-23)26(30-28(34)32-40-38(36,9-4)10-5)25(21-22-17-13-11-14-18-22)29-27(33)31-39-37(35,7-2)8-3/h11-20,24-26H,6-10,21H2,1-5H3,(H2,29,31,33)(H2,30,32,34). The minimum atomic E-state index is -2.56. The Bertz CT molecular complexity index is 1140. The highest BCUT2D eigenvalue weighted by molar-refractivity contribution is 8.57. The predicted molar refractivity (Wildman–Crippen MR) is 173 cm³/mol. The molecule has 0 aromatic heterocycles. The molecule has 222 valence electrons. The van der Waals surface area contributed by atoms with Gasteiger partial charge < -0.3 is 19.8 Å². The molecule has 2 rings (SSSR count). The molecule has 0 bridgehead atoms. The van der Waals surface area contributed by atoms with Gasteiger partial charge >= 0.3 is 12.1 Å². The molecule has 0 aliphatic carbocycles. The summed E-state index contributed by atoms with van der Waals surface area (Å²) < 4.78 is 31.3. The van der Waals surface area contributed by atoms with Gasteiger partial charge in [-0.1, -0.05) is 95.3 Å². The monoisotopic (exact) mass is 626 g/mol. The molecule has 40 heavy (non-hydrogen) atoms. The van der Waals surface area contributed by atoms with Crippen molar-refractivity contribution in [1.29, 1.82) is 0 Å². The molecule has 0 saturated heterocycles. The van der Waals surface area contributed by atoms with Crippen molar-refractivity contribution in [2.45, 2.75) is 65.5 Å². The van der Waals surface area contributed by atoms with Gasteiger partial charge in [0.15, 0.2) is 12.7 Å². The van der Waals surface area contributed by atoms with Gasteiger partial charge in [-0.2, -0.15) is 0 Å². The molecule has 12 heteroatoms. The predicted octanol–water partition coefficient (Wildman–Crippen LogP) is 7.69. The van der Waals surface area contributed by atoms with Crippen molar-refractivity contribution < 1.29 is 18.7 Å². The third kappa shape index (κ3) is 10.8. The zero-order valence-electron chi connectivity index (χ0n) is 24.1. The largest absolute Gasteiger partial charge is 0.332 e. The van der Waals surface area contributed by atoms with Crippen LogP contribution in [0.3, 0.4) is 0 Å². The van der Waals surface area contributed by atoms with Crippen LogP contribution in [0.15, 0.2) is 60.7 Å². The smallest absolute Gasteiger partial charge is 0.325 e. The summed E-state index contributed by atoms with van der Waals surface area (Å²) in [6.07, 6.45) is -2.04. The van der Waals surface area contributed by atoms with Crippen molar-refractivity contribution >= 4 is 47.9 Å².